The Hall–Kier alpha value is -0.610. The number of hydrogen-bond donors (Lipinski definition) is 2. The molecule has 0 spiro atoms. The second-order valence-electron chi connectivity index (χ2n) is 3.52. The van der Waals surface area contributed by atoms with Gasteiger partial charge in [-0.05, 0) is 20.3 Å². The number of ether oxygens (including phenoxy) is 1. The zero-order valence-corrected chi connectivity index (χ0v) is 8.41. The minimum absolute atomic E-state index is 0.0194. The van der Waals surface area contributed by atoms with Gasteiger partial charge in [0.1, 0.15) is 6.61 Å². The molecule has 0 amide bonds. The minimum atomic E-state index is -0.838. The Kier molecular flexibility index (Phi) is 4.95. The maximum absolute atomic E-state index is 11.3. The highest BCUT2D eigenvalue weighted by atomic mass is 16.5. The van der Waals surface area contributed by atoms with Crippen molar-refractivity contribution in [3.8, 4) is 0 Å². The molecule has 0 aromatic heterocycles. The summed E-state index contributed by atoms with van der Waals surface area (Å²) in [5.74, 6) is -0.460. The zero-order chi connectivity index (χ0) is 10.5. The molecule has 0 heterocycles. The van der Waals surface area contributed by atoms with Crippen molar-refractivity contribution in [2.75, 3.05) is 13.2 Å². The van der Waals surface area contributed by atoms with Gasteiger partial charge in [0.15, 0.2) is 0 Å². The van der Waals surface area contributed by atoms with E-state index in [0.717, 1.165) is 0 Å². The number of carbonyl (C=O) groups excluding carboxylic acids is 1. The molecule has 4 heteroatoms. The highest BCUT2D eigenvalue weighted by Gasteiger charge is 2.32. The first-order chi connectivity index (χ1) is 5.96. The van der Waals surface area contributed by atoms with Gasteiger partial charge in [0, 0.05) is 0 Å². The molecule has 0 saturated carbocycles. The van der Waals surface area contributed by atoms with Gasteiger partial charge in [0.2, 0.25) is 0 Å². The Labute approximate surface area is 78.5 Å². The first kappa shape index (κ1) is 12.4. The van der Waals surface area contributed by atoms with Crippen LogP contribution in [0.1, 0.15) is 27.2 Å². The van der Waals surface area contributed by atoms with Crippen LogP contribution in [-0.4, -0.2) is 35.5 Å². The maximum atomic E-state index is 11.3. The predicted octanol–water partition coefficient (Wildman–Crippen LogP) is 0.319. The molecular weight excluding hydrogens is 172 g/mol. The van der Waals surface area contributed by atoms with Crippen molar-refractivity contribution >= 4 is 5.97 Å². The van der Waals surface area contributed by atoms with Gasteiger partial charge in [0.25, 0.3) is 0 Å². The van der Waals surface area contributed by atoms with Crippen LogP contribution in [0.4, 0.5) is 0 Å². The third-order valence-electron chi connectivity index (χ3n) is 2.08. The van der Waals surface area contributed by atoms with Crippen molar-refractivity contribution in [2.24, 2.45) is 5.41 Å². The van der Waals surface area contributed by atoms with E-state index in [2.05, 4.69) is 0 Å². The third kappa shape index (κ3) is 3.74. The molecule has 0 aliphatic heterocycles. The van der Waals surface area contributed by atoms with Gasteiger partial charge in [-0.3, -0.25) is 4.79 Å². The average molecular weight is 190 g/mol. The Morgan fingerprint density at radius 1 is 1.62 bits per heavy atom. The molecule has 0 rings (SSSR count). The van der Waals surface area contributed by atoms with Crippen LogP contribution in [-0.2, 0) is 9.53 Å². The van der Waals surface area contributed by atoms with Crippen molar-refractivity contribution in [2.45, 2.75) is 33.3 Å². The monoisotopic (exact) mass is 190 g/mol. The topological polar surface area (TPSA) is 66.8 Å². The van der Waals surface area contributed by atoms with Crippen LogP contribution in [0, 0.1) is 5.41 Å². The SMILES string of the molecule is CCC(C)(CO)C(=O)OCC(C)O. The molecule has 0 saturated heterocycles. The van der Waals surface area contributed by atoms with E-state index in [4.69, 9.17) is 14.9 Å². The number of rotatable bonds is 5. The standard InChI is InChI=1S/C9H18O4/c1-4-9(3,6-10)8(12)13-5-7(2)11/h7,10-11H,4-6H2,1-3H3. The van der Waals surface area contributed by atoms with E-state index in [1.54, 1.807) is 13.8 Å². The Bertz CT molecular complexity index is 161. The van der Waals surface area contributed by atoms with Crippen molar-refractivity contribution < 1.29 is 19.7 Å². The number of carbonyl (C=O) groups is 1. The second kappa shape index (κ2) is 5.19. The number of esters is 1. The number of aliphatic hydroxyl groups excluding tert-OH is 2. The van der Waals surface area contributed by atoms with Gasteiger partial charge in [-0.2, -0.15) is 0 Å². The van der Waals surface area contributed by atoms with Crippen molar-refractivity contribution in [1.82, 2.24) is 0 Å². The van der Waals surface area contributed by atoms with E-state index < -0.39 is 17.5 Å². The van der Waals surface area contributed by atoms with Gasteiger partial charge < -0.3 is 14.9 Å². The molecule has 0 aliphatic carbocycles. The summed E-state index contributed by atoms with van der Waals surface area (Å²) >= 11 is 0. The quantitative estimate of drug-likeness (QED) is 0.613. The first-order valence-corrected chi connectivity index (χ1v) is 4.42. The smallest absolute Gasteiger partial charge is 0.314 e. The van der Waals surface area contributed by atoms with Crippen LogP contribution in [0.2, 0.25) is 0 Å². The first-order valence-electron chi connectivity index (χ1n) is 4.42. The Morgan fingerprint density at radius 2 is 2.15 bits per heavy atom. The molecule has 0 bridgehead atoms. The molecule has 0 radical (unpaired) electrons. The molecule has 2 atom stereocenters. The van der Waals surface area contributed by atoms with Gasteiger partial charge >= 0.3 is 5.97 Å². The van der Waals surface area contributed by atoms with Gasteiger partial charge in [-0.15, -0.1) is 0 Å². The highest BCUT2D eigenvalue weighted by Crippen LogP contribution is 2.21. The van der Waals surface area contributed by atoms with Crippen LogP contribution in [0.5, 0.6) is 0 Å². The average Bonchev–Trinajstić information content (AvgIpc) is 2.12. The summed E-state index contributed by atoms with van der Waals surface area (Å²) in [6.07, 6.45) is -0.147. The van der Waals surface area contributed by atoms with Crippen molar-refractivity contribution in [1.29, 1.82) is 0 Å². The van der Waals surface area contributed by atoms with Crippen LogP contribution in [0.3, 0.4) is 0 Å². The lowest BCUT2D eigenvalue weighted by Crippen LogP contribution is -2.34. The summed E-state index contributed by atoms with van der Waals surface area (Å²) < 4.78 is 4.80. The van der Waals surface area contributed by atoms with Crippen molar-refractivity contribution in [3.05, 3.63) is 0 Å². The molecule has 4 nitrogen and oxygen atoms in total. The molecular formula is C9H18O4. The summed E-state index contributed by atoms with van der Waals surface area (Å²) in [5, 5.41) is 17.8. The van der Waals surface area contributed by atoms with E-state index in [-0.39, 0.29) is 13.2 Å². The normalized spacial score (nSPS) is 17.6. The van der Waals surface area contributed by atoms with Crippen LogP contribution >= 0.6 is 0 Å². The second-order valence-corrected chi connectivity index (χ2v) is 3.52. The van der Waals surface area contributed by atoms with Crippen LogP contribution in [0.15, 0.2) is 0 Å². The fourth-order valence-electron chi connectivity index (χ4n) is 0.691. The summed E-state index contributed by atoms with van der Waals surface area (Å²) in [6.45, 7) is 4.73. The largest absolute Gasteiger partial charge is 0.462 e. The highest BCUT2D eigenvalue weighted by molar-refractivity contribution is 5.76. The van der Waals surface area contributed by atoms with E-state index >= 15 is 0 Å². The van der Waals surface area contributed by atoms with E-state index in [1.165, 1.54) is 6.92 Å². The number of hydrogen-bond acceptors (Lipinski definition) is 4. The predicted molar refractivity (Wildman–Crippen MR) is 48.1 cm³/mol. The lowest BCUT2D eigenvalue weighted by Gasteiger charge is -2.23. The summed E-state index contributed by atoms with van der Waals surface area (Å²) in [5.41, 5.74) is -0.838. The maximum Gasteiger partial charge on any atom is 0.314 e. The Balaban J connectivity index is 4.07. The lowest BCUT2D eigenvalue weighted by atomic mass is 9.89. The lowest BCUT2D eigenvalue weighted by molar-refractivity contribution is -0.160. The summed E-state index contributed by atoms with van der Waals surface area (Å²) in [7, 11) is 0. The molecule has 0 aromatic rings. The van der Waals surface area contributed by atoms with Crippen LogP contribution in [0.25, 0.3) is 0 Å². The van der Waals surface area contributed by atoms with Crippen molar-refractivity contribution in [3.63, 3.8) is 0 Å². The molecule has 2 N–H and O–H groups in total. The van der Waals surface area contributed by atoms with Gasteiger partial charge in [-0.25, -0.2) is 0 Å². The Morgan fingerprint density at radius 3 is 2.46 bits per heavy atom. The molecule has 0 aliphatic rings. The fraction of sp³-hybridized carbons (Fsp3) is 0.889. The molecule has 0 aromatic carbocycles. The zero-order valence-electron chi connectivity index (χ0n) is 8.41. The minimum Gasteiger partial charge on any atom is -0.462 e. The van der Waals surface area contributed by atoms with Gasteiger partial charge in [-0.1, -0.05) is 6.92 Å². The molecule has 78 valence electrons. The molecule has 2 unspecified atom stereocenters. The summed E-state index contributed by atoms with van der Waals surface area (Å²) in [4.78, 5) is 11.3. The van der Waals surface area contributed by atoms with E-state index in [1.807, 2.05) is 0 Å². The fourth-order valence-corrected chi connectivity index (χ4v) is 0.691. The molecule has 13 heavy (non-hydrogen) atoms. The van der Waals surface area contributed by atoms with Crippen LogP contribution < -0.4 is 0 Å². The third-order valence-corrected chi connectivity index (χ3v) is 2.08. The number of aliphatic hydroxyl groups is 2. The van der Waals surface area contributed by atoms with Gasteiger partial charge in [0.05, 0.1) is 18.1 Å². The summed E-state index contributed by atoms with van der Waals surface area (Å²) in [6, 6.07) is 0. The molecule has 0 fully saturated rings. The van der Waals surface area contributed by atoms with E-state index in [0.29, 0.717) is 6.42 Å². The van der Waals surface area contributed by atoms with E-state index in [9.17, 15) is 4.79 Å².